The first-order valence-corrected chi connectivity index (χ1v) is 5.65. The summed E-state index contributed by atoms with van der Waals surface area (Å²) in [5, 5.41) is 9.18. The standard InChI is InChI=1S/C12H12ClNO3/c1-7-3-2-4-9(10(7)13)11(15)14-5-8(6-14)12(16)17/h2-4,8H,5-6H2,1H3,(H,16,17). The van der Waals surface area contributed by atoms with Gasteiger partial charge in [0.05, 0.1) is 16.5 Å². The highest BCUT2D eigenvalue weighted by molar-refractivity contribution is 6.34. The molecule has 4 nitrogen and oxygen atoms in total. The molecule has 0 aromatic heterocycles. The maximum absolute atomic E-state index is 12.0. The van der Waals surface area contributed by atoms with Crippen molar-refractivity contribution < 1.29 is 14.7 Å². The average Bonchev–Trinajstić information content (AvgIpc) is 2.19. The predicted molar refractivity (Wildman–Crippen MR) is 63.2 cm³/mol. The fourth-order valence-corrected chi connectivity index (χ4v) is 1.99. The van der Waals surface area contributed by atoms with Gasteiger partial charge in [-0.3, -0.25) is 9.59 Å². The zero-order valence-electron chi connectivity index (χ0n) is 9.31. The fraction of sp³-hybridized carbons (Fsp3) is 0.333. The first-order chi connectivity index (χ1) is 8.00. The molecule has 0 aliphatic carbocycles. The first kappa shape index (κ1) is 11.9. The van der Waals surface area contributed by atoms with Crippen molar-refractivity contribution in [3.05, 3.63) is 34.3 Å². The third-order valence-electron chi connectivity index (χ3n) is 2.94. The largest absolute Gasteiger partial charge is 0.481 e. The van der Waals surface area contributed by atoms with Crippen LogP contribution in [0, 0.1) is 12.8 Å². The van der Waals surface area contributed by atoms with Crippen LogP contribution >= 0.6 is 11.6 Å². The number of aryl methyl sites for hydroxylation is 1. The van der Waals surface area contributed by atoms with Crippen LogP contribution in [-0.4, -0.2) is 35.0 Å². The molecule has 0 unspecified atom stereocenters. The highest BCUT2D eigenvalue weighted by Crippen LogP contribution is 2.25. The second kappa shape index (κ2) is 4.37. The molecule has 0 saturated carbocycles. The van der Waals surface area contributed by atoms with Gasteiger partial charge in [-0.1, -0.05) is 23.7 Å². The molecule has 0 bridgehead atoms. The number of hydrogen-bond donors (Lipinski definition) is 1. The second-order valence-corrected chi connectivity index (χ2v) is 4.56. The van der Waals surface area contributed by atoms with E-state index in [0.717, 1.165) is 5.56 Å². The zero-order chi connectivity index (χ0) is 12.6. The molecule has 1 amide bonds. The summed E-state index contributed by atoms with van der Waals surface area (Å²) in [6.45, 7) is 2.35. The highest BCUT2D eigenvalue weighted by Gasteiger charge is 2.36. The number of likely N-dealkylation sites (tertiary alicyclic amines) is 1. The fourth-order valence-electron chi connectivity index (χ4n) is 1.78. The van der Waals surface area contributed by atoms with E-state index in [-0.39, 0.29) is 19.0 Å². The molecule has 17 heavy (non-hydrogen) atoms. The monoisotopic (exact) mass is 253 g/mol. The van der Waals surface area contributed by atoms with Crippen LogP contribution in [0.3, 0.4) is 0 Å². The number of carbonyl (C=O) groups excluding carboxylic acids is 1. The van der Waals surface area contributed by atoms with Crippen molar-refractivity contribution in [3.63, 3.8) is 0 Å². The molecule has 1 aliphatic heterocycles. The molecule has 2 rings (SSSR count). The number of aliphatic carboxylic acids is 1. The Morgan fingerprint density at radius 3 is 2.65 bits per heavy atom. The molecule has 5 heteroatoms. The molecule has 1 saturated heterocycles. The van der Waals surface area contributed by atoms with E-state index in [0.29, 0.717) is 10.6 Å². The average molecular weight is 254 g/mol. The summed E-state index contributed by atoms with van der Waals surface area (Å²) in [6, 6.07) is 5.25. The number of hydrogen-bond acceptors (Lipinski definition) is 2. The number of carboxylic acids is 1. The van der Waals surface area contributed by atoms with E-state index in [4.69, 9.17) is 16.7 Å². The minimum atomic E-state index is -0.857. The van der Waals surface area contributed by atoms with E-state index in [9.17, 15) is 9.59 Å². The molecule has 1 aromatic rings. The molecule has 0 radical (unpaired) electrons. The Morgan fingerprint density at radius 2 is 2.06 bits per heavy atom. The van der Waals surface area contributed by atoms with Crippen LogP contribution in [0.2, 0.25) is 5.02 Å². The quantitative estimate of drug-likeness (QED) is 0.875. The van der Waals surface area contributed by atoms with Gasteiger partial charge >= 0.3 is 5.97 Å². The summed E-state index contributed by atoms with van der Waals surface area (Å²) >= 11 is 6.05. The SMILES string of the molecule is Cc1cccc(C(=O)N2CC(C(=O)O)C2)c1Cl. The lowest BCUT2D eigenvalue weighted by Gasteiger charge is -2.36. The third kappa shape index (κ3) is 2.13. The summed E-state index contributed by atoms with van der Waals surface area (Å²) < 4.78 is 0. The normalized spacial score (nSPS) is 15.5. The Labute approximate surface area is 104 Å². The number of rotatable bonds is 2. The van der Waals surface area contributed by atoms with Crippen molar-refractivity contribution in [2.24, 2.45) is 5.92 Å². The van der Waals surface area contributed by atoms with Crippen molar-refractivity contribution in [1.82, 2.24) is 4.90 Å². The predicted octanol–water partition coefficient (Wildman–Crippen LogP) is 1.81. The molecule has 0 spiro atoms. The molecule has 1 heterocycles. The van der Waals surface area contributed by atoms with Gasteiger partial charge in [0.1, 0.15) is 0 Å². The van der Waals surface area contributed by atoms with Gasteiger partial charge in [-0.25, -0.2) is 0 Å². The van der Waals surface area contributed by atoms with Crippen LogP contribution in [0.25, 0.3) is 0 Å². The maximum Gasteiger partial charge on any atom is 0.310 e. The van der Waals surface area contributed by atoms with Crippen LogP contribution < -0.4 is 0 Å². The molecular formula is C12H12ClNO3. The van der Waals surface area contributed by atoms with Gasteiger partial charge < -0.3 is 10.0 Å². The van der Waals surface area contributed by atoms with Crippen molar-refractivity contribution in [1.29, 1.82) is 0 Å². The number of halogens is 1. The summed E-state index contributed by atoms with van der Waals surface area (Å²) in [5.74, 6) is -1.50. The first-order valence-electron chi connectivity index (χ1n) is 5.28. The number of carboxylic acid groups (broad SMARTS) is 1. The van der Waals surface area contributed by atoms with Gasteiger partial charge in [-0.2, -0.15) is 0 Å². The number of carbonyl (C=O) groups is 2. The molecular weight excluding hydrogens is 242 g/mol. The van der Waals surface area contributed by atoms with Crippen LogP contribution in [-0.2, 0) is 4.79 Å². The van der Waals surface area contributed by atoms with E-state index in [1.54, 1.807) is 12.1 Å². The van der Waals surface area contributed by atoms with Gasteiger partial charge in [-0.15, -0.1) is 0 Å². The molecule has 1 aliphatic rings. The summed E-state index contributed by atoms with van der Waals surface area (Å²) in [7, 11) is 0. The lowest BCUT2D eigenvalue weighted by atomic mass is 9.99. The minimum Gasteiger partial charge on any atom is -0.481 e. The summed E-state index contributed by atoms with van der Waals surface area (Å²) in [6.07, 6.45) is 0. The Balaban J connectivity index is 2.12. The number of amides is 1. The zero-order valence-corrected chi connectivity index (χ0v) is 10.1. The van der Waals surface area contributed by atoms with Crippen LogP contribution in [0.4, 0.5) is 0 Å². The summed E-state index contributed by atoms with van der Waals surface area (Å²) in [5.41, 5.74) is 1.28. The molecule has 0 atom stereocenters. The van der Waals surface area contributed by atoms with Gasteiger partial charge in [0.2, 0.25) is 0 Å². The summed E-state index contributed by atoms with van der Waals surface area (Å²) in [4.78, 5) is 24.2. The van der Waals surface area contributed by atoms with Crippen molar-refractivity contribution in [2.45, 2.75) is 6.92 Å². The number of benzene rings is 1. The third-order valence-corrected chi connectivity index (χ3v) is 3.44. The second-order valence-electron chi connectivity index (χ2n) is 4.18. The Bertz CT molecular complexity index is 481. The van der Waals surface area contributed by atoms with Gasteiger partial charge in [0.25, 0.3) is 5.91 Å². The van der Waals surface area contributed by atoms with E-state index in [1.165, 1.54) is 4.90 Å². The lowest BCUT2D eigenvalue weighted by Crippen LogP contribution is -2.53. The van der Waals surface area contributed by atoms with E-state index >= 15 is 0 Å². The van der Waals surface area contributed by atoms with Gasteiger partial charge in [0, 0.05) is 13.1 Å². The van der Waals surface area contributed by atoms with Crippen molar-refractivity contribution in [2.75, 3.05) is 13.1 Å². The molecule has 1 aromatic carbocycles. The van der Waals surface area contributed by atoms with Crippen LogP contribution in [0.5, 0.6) is 0 Å². The van der Waals surface area contributed by atoms with Crippen molar-refractivity contribution >= 4 is 23.5 Å². The Hall–Kier alpha value is -1.55. The minimum absolute atomic E-state index is 0.198. The van der Waals surface area contributed by atoms with Crippen LogP contribution in [0.1, 0.15) is 15.9 Å². The lowest BCUT2D eigenvalue weighted by molar-refractivity contribution is -0.146. The Kier molecular flexibility index (Phi) is 3.07. The van der Waals surface area contributed by atoms with E-state index in [2.05, 4.69) is 0 Å². The van der Waals surface area contributed by atoms with E-state index < -0.39 is 11.9 Å². The topological polar surface area (TPSA) is 57.6 Å². The Morgan fingerprint density at radius 1 is 1.41 bits per heavy atom. The highest BCUT2D eigenvalue weighted by atomic mass is 35.5. The van der Waals surface area contributed by atoms with Gasteiger partial charge in [-0.05, 0) is 18.6 Å². The molecule has 90 valence electrons. The van der Waals surface area contributed by atoms with Crippen molar-refractivity contribution in [3.8, 4) is 0 Å². The maximum atomic E-state index is 12.0. The number of nitrogens with zero attached hydrogens (tertiary/aromatic N) is 1. The smallest absolute Gasteiger partial charge is 0.310 e. The van der Waals surface area contributed by atoms with Crippen LogP contribution in [0.15, 0.2) is 18.2 Å². The van der Waals surface area contributed by atoms with Gasteiger partial charge in [0.15, 0.2) is 0 Å². The molecule has 1 N–H and O–H groups in total. The molecule has 1 fully saturated rings. The van der Waals surface area contributed by atoms with E-state index in [1.807, 2.05) is 13.0 Å².